The number of amides is 3. The van der Waals surface area contributed by atoms with Gasteiger partial charge < -0.3 is 24.8 Å². The largest absolute Gasteiger partial charge is 0.496 e. The molecule has 212 valence electrons. The number of para-hydroxylation sites is 1. The molecule has 0 fully saturated rings. The molecule has 0 aliphatic carbocycles. The number of nitrogens with one attached hydrogen (secondary N) is 2. The second-order valence-corrected chi connectivity index (χ2v) is 10.2. The van der Waals surface area contributed by atoms with Gasteiger partial charge in [0.1, 0.15) is 11.4 Å². The lowest BCUT2D eigenvalue weighted by atomic mass is 10.1. The summed E-state index contributed by atoms with van der Waals surface area (Å²) in [5, 5.41) is 5.31. The summed E-state index contributed by atoms with van der Waals surface area (Å²) in [5.74, 6) is 0.627. The highest BCUT2D eigenvalue weighted by atomic mass is 32.2. The maximum absolute atomic E-state index is 13.7. The van der Waals surface area contributed by atoms with E-state index in [1.54, 1.807) is 61.5 Å². The van der Waals surface area contributed by atoms with Crippen molar-refractivity contribution in [1.29, 1.82) is 0 Å². The van der Waals surface area contributed by atoms with Crippen molar-refractivity contribution in [2.75, 3.05) is 36.9 Å². The molecule has 3 amide bonds. The lowest BCUT2D eigenvalue weighted by Crippen LogP contribution is -2.33. The van der Waals surface area contributed by atoms with Crippen LogP contribution in [0.25, 0.3) is 6.08 Å². The maximum atomic E-state index is 13.7. The molecule has 10 nitrogen and oxygen atoms in total. The fourth-order valence-electron chi connectivity index (χ4n) is 3.99. The lowest BCUT2D eigenvalue weighted by Gasteiger charge is -2.20. The number of thioether (sulfide) groups is 1. The monoisotopic (exact) mass is 574 g/mol. The summed E-state index contributed by atoms with van der Waals surface area (Å²) in [6.45, 7) is 3.16. The van der Waals surface area contributed by atoms with E-state index in [2.05, 4.69) is 15.6 Å². The molecule has 1 unspecified atom stereocenters. The van der Waals surface area contributed by atoms with Gasteiger partial charge >= 0.3 is 0 Å². The van der Waals surface area contributed by atoms with Crippen molar-refractivity contribution in [2.24, 2.45) is 4.99 Å². The molecule has 41 heavy (non-hydrogen) atoms. The van der Waals surface area contributed by atoms with Gasteiger partial charge in [0, 0.05) is 29.9 Å². The first-order valence-corrected chi connectivity index (χ1v) is 13.5. The average molecular weight is 575 g/mol. The lowest BCUT2D eigenvalue weighted by molar-refractivity contribution is -0.116. The van der Waals surface area contributed by atoms with E-state index in [0.29, 0.717) is 45.0 Å². The first-order valence-electron chi connectivity index (χ1n) is 12.6. The molecule has 11 heteroatoms. The zero-order chi connectivity index (χ0) is 29.5. The highest BCUT2D eigenvalue weighted by Crippen LogP contribution is 2.37. The Bertz CT molecular complexity index is 1510. The fraction of sp³-hybridized carbons (Fsp3) is 0.200. The average Bonchev–Trinajstić information content (AvgIpc) is 3.27. The van der Waals surface area contributed by atoms with Crippen molar-refractivity contribution >= 4 is 57.8 Å². The smallest absolute Gasteiger partial charge is 0.283 e. The Morgan fingerprint density at radius 3 is 2.05 bits per heavy atom. The fourth-order valence-corrected chi connectivity index (χ4v) is 4.92. The minimum Gasteiger partial charge on any atom is -0.496 e. The normalized spacial score (nSPS) is 14.4. The number of aliphatic imine (C=N–C) groups is 1. The Kier molecular flexibility index (Phi) is 9.30. The number of nitrogens with zero attached hydrogens (tertiary/aromatic N) is 2. The van der Waals surface area contributed by atoms with E-state index in [9.17, 15) is 14.4 Å². The molecule has 0 spiro atoms. The highest BCUT2D eigenvalue weighted by molar-refractivity contribution is 8.15. The Morgan fingerprint density at radius 2 is 1.46 bits per heavy atom. The van der Waals surface area contributed by atoms with Crippen LogP contribution in [0.1, 0.15) is 19.4 Å². The number of hydrogen-bond acceptors (Lipinski definition) is 8. The third kappa shape index (κ3) is 6.87. The number of ether oxygens (including phenoxy) is 3. The Balaban J connectivity index is 1.62. The molecule has 3 aromatic carbocycles. The van der Waals surface area contributed by atoms with Crippen LogP contribution in [0.2, 0.25) is 0 Å². The molecule has 0 aromatic heterocycles. The summed E-state index contributed by atoms with van der Waals surface area (Å²) in [6, 6.07) is 19.3. The van der Waals surface area contributed by atoms with Gasteiger partial charge in [0.05, 0.1) is 32.3 Å². The number of carbonyl (C=O) groups is 3. The molecule has 1 heterocycles. The van der Waals surface area contributed by atoms with Crippen LogP contribution in [-0.4, -0.2) is 49.5 Å². The first-order chi connectivity index (χ1) is 19.7. The molecule has 0 saturated heterocycles. The molecule has 3 aromatic rings. The second kappa shape index (κ2) is 13.1. The summed E-state index contributed by atoms with van der Waals surface area (Å²) in [7, 11) is 4.57. The van der Waals surface area contributed by atoms with Crippen LogP contribution < -0.4 is 29.7 Å². The molecule has 1 aliphatic rings. The number of anilines is 3. The summed E-state index contributed by atoms with van der Waals surface area (Å²) in [4.78, 5) is 44.1. The van der Waals surface area contributed by atoms with Gasteiger partial charge in [-0.1, -0.05) is 30.0 Å². The van der Waals surface area contributed by atoms with Crippen molar-refractivity contribution in [3.8, 4) is 17.2 Å². The van der Waals surface area contributed by atoms with E-state index in [0.717, 1.165) is 11.8 Å². The molecule has 0 radical (unpaired) electrons. The van der Waals surface area contributed by atoms with Gasteiger partial charge in [-0.2, -0.15) is 0 Å². The van der Waals surface area contributed by atoms with Gasteiger partial charge in [-0.25, -0.2) is 4.99 Å². The van der Waals surface area contributed by atoms with Crippen molar-refractivity contribution in [2.45, 2.75) is 19.1 Å². The number of rotatable bonds is 9. The zero-order valence-electron chi connectivity index (χ0n) is 23.3. The number of carbonyl (C=O) groups excluding carboxylic acids is 3. The van der Waals surface area contributed by atoms with E-state index < -0.39 is 5.25 Å². The van der Waals surface area contributed by atoms with Crippen LogP contribution in [0.4, 0.5) is 17.1 Å². The van der Waals surface area contributed by atoms with Crippen LogP contribution in [0.5, 0.6) is 17.2 Å². The standard InChI is InChI=1S/C30H30N4O6S/c1-18(28(36)32-22-13-11-21(12-14-22)31-19(2)35)41-30-33-24(29(37)34(30)23-9-7-6-8-10-23)15-20-16-26(39-4)27(40-5)17-25(20)38-3/h6-18H,1-5H3,(H,31,35)(H,32,36)/b24-15-. The van der Waals surface area contributed by atoms with Gasteiger partial charge in [-0.3, -0.25) is 19.3 Å². The highest BCUT2D eigenvalue weighted by Gasteiger charge is 2.34. The first kappa shape index (κ1) is 29.2. The predicted octanol–water partition coefficient (Wildman–Crippen LogP) is 5.17. The van der Waals surface area contributed by atoms with Crippen LogP contribution in [-0.2, 0) is 14.4 Å². The molecule has 4 rings (SSSR count). The van der Waals surface area contributed by atoms with Crippen LogP contribution in [0.3, 0.4) is 0 Å². The van der Waals surface area contributed by atoms with Gasteiger partial charge in [0.15, 0.2) is 16.7 Å². The van der Waals surface area contributed by atoms with E-state index in [4.69, 9.17) is 14.2 Å². The van der Waals surface area contributed by atoms with E-state index >= 15 is 0 Å². The molecule has 1 atom stereocenters. The van der Waals surface area contributed by atoms with Crippen molar-refractivity contribution < 1.29 is 28.6 Å². The third-order valence-electron chi connectivity index (χ3n) is 6.00. The Labute approximate surface area is 242 Å². The number of amidine groups is 1. The SMILES string of the molecule is COc1cc(OC)c(OC)cc1/C=C1\N=C(SC(C)C(=O)Nc2ccc(NC(C)=O)cc2)N(c2ccccc2)C1=O. The summed E-state index contributed by atoms with van der Waals surface area (Å²) in [6.07, 6.45) is 1.62. The molecule has 0 saturated carbocycles. The Hall–Kier alpha value is -4.77. The van der Waals surface area contributed by atoms with E-state index in [-0.39, 0.29) is 23.4 Å². The van der Waals surface area contributed by atoms with Crippen LogP contribution in [0, 0.1) is 0 Å². The van der Waals surface area contributed by atoms with Gasteiger partial charge in [0.25, 0.3) is 5.91 Å². The third-order valence-corrected chi connectivity index (χ3v) is 7.05. The maximum Gasteiger partial charge on any atom is 0.283 e. The number of methoxy groups -OCH3 is 3. The quantitative estimate of drug-likeness (QED) is 0.338. The summed E-state index contributed by atoms with van der Waals surface area (Å²) >= 11 is 1.16. The minimum absolute atomic E-state index is 0.169. The zero-order valence-corrected chi connectivity index (χ0v) is 24.1. The topological polar surface area (TPSA) is 119 Å². The van der Waals surface area contributed by atoms with Crippen molar-refractivity contribution in [3.63, 3.8) is 0 Å². The van der Waals surface area contributed by atoms with E-state index in [1.807, 2.05) is 18.2 Å². The van der Waals surface area contributed by atoms with Crippen LogP contribution >= 0.6 is 11.8 Å². The molecular weight excluding hydrogens is 544 g/mol. The van der Waals surface area contributed by atoms with Gasteiger partial charge in [0.2, 0.25) is 11.8 Å². The van der Waals surface area contributed by atoms with Crippen molar-refractivity contribution in [3.05, 3.63) is 78.0 Å². The Morgan fingerprint density at radius 1 is 0.878 bits per heavy atom. The minimum atomic E-state index is -0.599. The molecular formula is C30H30N4O6S. The summed E-state index contributed by atoms with van der Waals surface area (Å²) < 4.78 is 16.3. The van der Waals surface area contributed by atoms with Gasteiger partial charge in [-0.15, -0.1) is 0 Å². The van der Waals surface area contributed by atoms with Crippen molar-refractivity contribution in [1.82, 2.24) is 0 Å². The molecule has 0 bridgehead atoms. The van der Waals surface area contributed by atoms with Gasteiger partial charge in [-0.05, 0) is 55.5 Å². The van der Waals surface area contributed by atoms with Crippen LogP contribution in [0.15, 0.2) is 77.4 Å². The summed E-state index contributed by atoms with van der Waals surface area (Å²) in [5.41, 5.74) is 2.56. The number of hydrogen-bond donors (Lipinski definition) is 2. The molecule has 2 N–H and O–H groups in total. The van der Waals surface area contributed by atoms with E-state index in [1.165, 1.54) is 33.2 Å². The predicted molar refractivity (Wildman–Crippen MR) is 162 cm³/mol. The number of benzene rings is 3. The molecule has 1 aliphatic heterocycles. The second-order valence-electron chi connectivity index (χ2n) is 8.86.